The van der Waals surface area contributed by atoms with Crippen LogP contribution in [0, 0.1) is 0 Å². The van der Waals surface area contributed by atoms with E-state index in [1.54, 1.807) is 6.07 Å². The number of urea groups is 1. The second-order valence-corrected chi connectivity index (χ2v) is 3.51. The highest BCUT2D eigenvalue weighted by molar-refractivity contribution is 5.84. The number of methoxy groups -OCH3 is 1. The number of primary amides is 1. The van der Waals surface area contributed by atoms with Gasteiger partial charge in [-0.25, -0.2) is 10.2 Å². The number of amides is 2. The highest BCUT2D eigenvalue weighted by Gasteiger charge is 2.11. The third-order valence-corrected chi connectivity index (χ3v) is 2.42. The number of benzene rings is 1. The number of nitrogens with zero attached hydrogens (tertiary/aromatic N) is 1. The van der Waals surface area contributed by atoms with Gasteiger partial charge in [0.1, 0.15) is 5.75 Å². The maximum Gasteiger partial charge on any atom is 0.332 e. The van der Waals surface area contributed by atoms with Crippen LogP contribution in [0.15, 0.2) is 32.9 Å². The molecule has 92 valence electrons. The lowest BCUT2D eigenvalue weighted by Gasteiger charge is -1.96. The normalized spacial score (nSPS) is 11.7. The molecule has 0 bridgehead atoms. The summed E-state index contributed by atoms with van der Waals surface area (Å²) in [6, 6.07) is 3.54. The fourth-order valence-electron chi connectivity index (χ4n) is 1.61. The summed E-state index contributed by atoms with van der Waals surface area (Å²) >= 11 is 0. The molecule has 18 heavy (non-hydrogen) atoms. The minimum atomic E-state index is -0.948. The molecule has 0 saturated carbocycles. The Morgan fingerprint density at radius 3 is 2.56 bits per heavy atom. The predicted molar refractivity (Wildman–Crippen MR) is 63.7 cm³/mol. The van der Waals surface area contributed by atoms with Gasteiger partial charge in [0, 0.05) is 10.8 Å². The van der Waals surface area contributed by atoms with Crippen LogP contribution in [-0.4, -0.2) is 13.1 Å². The zero-order chi connectivity index (χ0) is 13.3. The molecular formula is C11H9N3O4. The molecule has 0 aromatic heterocycles. The second kappa shape index (κ2) is 4.28. The first-order chi connectivity index (χ1) is 8.54. The molecular weight excluding hydrogens is 238 g/mol. The monoisotopic (exact) mass is 247 g/mol. The summed E-state index contributed by atoms with van der Waals surface area (Å²) in [6.07, 6.45) is 0. The molecule has 7 nitrogen and oxygen atoms in total. The molecule has 0 aliphatic carbocycles. The van der Waals surface area contributed by atoms with E-state index in [9.17, 15) is 14.4 Å². The molecule has 2 aromatic rings. The summed E-state index contributed by atoms with van der Waals surface area (Å²) in [4.78, 5) is 34.2. The van der Waals surface area contributed by atoms with Gasteiger partial charge in [-0.2, -0.15) is 5.10 Å². The van der Waals surface area contributed by atoms with E-state index < -0.39 is 16.9 Å². The topological polar surface area (TPSA) is 111 Å². The smallest absolute Gasteiger partial charge is 0.332 e. The van der Waals surface area contributed by atoms with Crippen molar-refractivity contribution in [1.29, 1.82) is 0 Å². The number of rotatable bonds is 2. The van der Waals surface area contributed by atoms with Crippen LogP contribution in [0.4, 0.5) is 4.79 Å². The van der Waals surface area contributed by atoms with E-state index in [1.165, 1.54) is 19.2 Å². The minimum Gasteiger partial charge on any atom is -0.497 e. The van der Waals surface area contributed by atoms with Crippen LogP contribution in [-0.2, 0) is 0 Å². The number of nitrogens with one attached hydrogen (secondary N) is 1. The summed E-state index contributed by atoms with van der Waals surface area (Å²) in [5.74, 6) is 0.457. The van der Waals surface area contributed by atoms with Gasteiger partial charge in [-0.15, -0.1) is 0 Å². The molecule has 2 aromatic carbocycles. The molecule has 0 unspecified atom stereocenters. The molecule has 0 heterocycles. The SMILES string of the molecule is COc1ccc2c(=O)/c(=N\NC(N)=O)c(=O)c2c1. The van der Waals surface area contributed by atoms with Crippen LogP contribution < -0.4 is 32.1 Å². The maximum absolute atomic E-state index is 11.9. The summed E-state index contributed by atoms with van der Waals surface area (Å²) < 4.78 is 4.96. The Morgan fingerprint density at radius 2 is 1.94 bits per heavy atom. The Labute approximate surface area is 100 Å². The van der Waals surface area contributed by atoms with Crippen molar-refractivity contribution in [2.45, 2.75) is 0 Å². The van der Waals surface area contributed by atoms with Gasteiger partial charge in [0.25, 0.3) is 0 Å². The Morgan fingerprint density at radius 1 is 1.28 bits per heavy atom. The average molecular weight is 247 g/mol. The quantitative estimate of drug-likeness (QED) is 0.658. The summed E-state index contributed by atoms with van der Waals surface area (Å²) in [7, 11) is 1.45. The maximum atomic E-state index is 11.9. The number of carbonyl (C=O) groups is 1. The van der Waals surface area contributed by atoms with E-state index in [0.717, 1.165) is 0 Å². The molecule has 2 rings (SSSR count). The highest BCUT2D eigenvalue weighted by Crippen LogP contribution is 2.14. The van der Waals surface area contributed by atoms with Gasteiger partial charge in [0.2, 0.25) is 10.9 Å². The third-order valence-electron chi connectivity index (χ3n) is 2.42. The molecule has 0 aliphatic rings. The van der Waals surface area contributed by atoms with Gasteiger partial charge in [-0.1, -0.05) is 0 Å². The lowest BCUT2D eigenvalue weighted by molar-refractivity contribution is 0.249. The van der Waals surface area contributed by atoms with Crippen molar-refractivity contribution >= 4 is 16.8 Å². The molecule has 0 spiro atoms. The second-order valence-electron chi connectivity index (χ2n) is 3.51. The molecule has 0 fully saturated rings. The number of carbonyl (C=O) groups excluding carboxylic acids is 1. The van der Waals surface area contributed by atoms with Crippen LogP contribution in [0.2, 0.25) is 0 Å². The first kappa shape index (κ1) is 11.8. The molecule has 0 atom stereocenters. The van der Waals surface area contributed by atoms with Crippen molar-refractivity contribution in [2.24, 2.45) is 10.8 Å². The molecule has 0 aliphatic heterocycles. The fourth-order valence-corrected chi connectivity index (χ4v) is 1.61. The zero-order valence-corrected chi connectivity index (χ0v) is 9.39. The van der Waals surface area contributed by atoms with E-state index in [-0.39, 0.29) is 16.1 Å². The minimum absolute atomic E-state index is 0.198. The third kappa shape index (κ3) is 1.81. The molecule has 2 amide bonds. The number of hydrogen-bond acceptors (Lipinski definition) is 5. The van der Waals surface area contributed by atoms with Gasteiger partial charge >= 0.3 is 6.03 Å². The zero-order valence-electron chi connectivity index (χ0n) is 9.39. The van der Waals surface area contributed by atoms with Crippen LogP contribution in [0.1, 0.15) is 0 Å². The van der Waals surface area contributed by atoms with Crippen molar-refractivity contribution in [3.63, 3.8) is 0 Å². The van der Waals surface area contributed by atoms with E-state index in [0.29, 0.717) is 5.75 Å². The highest BCUT2D eigenvalue weighted by atomic mass is 16.5. The van der Waals surface area contributed by atoms with Gasteiger partial charge in [-0.05, 0) is 18.2 Å². The van der Waals surface area contributed by atoms with E-state index in [4.69, 9.17) is 10.5 Å². The Hall–Kier alpha value is -2.70. The van der Waals surface area contributed by atoms with E-state index >= 15 is 0 Å². The number of hydrogen-bond donors (Lipinski definition) is 2. The van der Waals surface area contributed by atoms with Crippen LogP contribution in [0.25, 0.3) is 10.8 Å². The van der Waals surface area contributed by atoms with Gasteiger partial charge in [0.05, 0.1) is 7.11 Å². The summed E-state index contributed by atoms with van der Waals surface area (Å²) in [6.45, 7) is 0. The summed E-state index contributed by atoms with van der Waals surface area (Å²) in [5.41, 5.74) is 5.56. The van der Waals surface area contributed by atoms with Crippen molar-refractivity contribution < 1.29 is 9.53 Å². The van der Waals surface area contributed by atoms with Gasteiger partial charge < -0.3 is 10.5 Å². The largest absolute Gasteiger partial charge is 0.497 e. The first-order valence-corrected chi connectivity index (χ1v) is 4.95. The Kier molecular flexibility index (Phi) is 2.80. The lowest BCUT2D eigenvalue weighted by atomic mass is 10.2. The van der Waals surface area contributed by atoms with Crippen molar-refractivity contribution in [3.8, 4) is 5.75 Å². The Balaban J connectivity index is 2.78. The molecule has 0 saturated heterocycles. The first-order valence-electron chi connectivity index (χ1n) is 4.95. The number of nitrogens with two attached hydrogens (primary N) is 1. The van der Waals surface area contributed by atoms with Crippen LogP contribution in [0.5, 0.6) is 5.75 Å². The average Bonchev–Trinajstić information content (AvgIpc) is 2.59. The van der Waals surface area contributed by atoms with Crippen LogP contribution in [0.3, 0.4) is 0 Å². The standard InChI is InChI=1S/C11H9N3O4/c1-18-5-2-3-6-7(4-5)10(16)8(9(6)15)13-14-11(12)17/h2-4H,1H3,(H3,12,14,17)/b13-8+. The van der Waals surface area contributed by atoms with Crippen molar-refractivity contribution in [2.75, 3.05) is 7.11 Å². The van der Waals surface area contributed by atoms with E-state index in [2.05, 4.69) is 5.10 Å². The molecule has 3 N–H and O–H groups in total. The van der Waals surface area contributed by atoms with Gasteiger partial charge in [-0.3, -0.25) is 9.59 Å². The predicted octanol–water partition coefficient (Wildman–Crippen LogP) is -1.07. The molecule has 7 heteroatoms. The number of ether oxygens (including phenoxy) is 1. The van der Waals surface area contributed by atoms with Crippen molar-refractivity contribution in [1.82, 2.24) is 5.43 Å². The fraction of sp³-hybridized carbons (Fsp3) is 0.0909. The Bertz CT molecular complexity index is 772. The molecule has 0 radical (unpaired) electrons. The summed E-state index contributed by atoms with van der Waals surface area (Å²) in [5, 5.41) is 3.47. The van der Waals surface area contributed by atoms with Crippen LogP contribution >= 0.6 is 0 Å². The van der Waals surface area contributed by atoms with Crippen molar-refractivity contribution in [3.05, 3.63) is 44.0 Å². The lowest BCUT2D eigenvalue weighted by Crippen LogP contribution is -2.37. The van der Waals surface area contributed by atoms with Gasteiger partial charge in [0.15, 0.2) is 5.36 Å². The number of fused-ring (bicyclic) bond motifs is 1. The van der Waals surface area contributed by atoms with E-state index in [1.807, 2.05) is 5.43 Å².